The zero-order valence-corrected chi connectivity index (χ0v) is 9.41. The average molecular weight is 202 g/mol. The minimum absolute atomic E-state index is 0.128. The Morgan fingerprint density at radius 2 is 2.23 bits per heavy atom. The molecule has 0 fully saturated rings. The normalized spacial score (nSPS) is 12.8. The molecule has 4 heteroatoms. The molecule has 0 saturated carbocycles. The highest BCUT2D eigenvalue weighted by molar-refractivity contribution is 6.29. The van der Waals surface area contributed by atoms with Crippen molar-refractivity contribution in [1.29, 1.82) is 0 Å². The van der Waals surface area contributed by atoms with Crippen molar-refractivity contribution in [2.75, 3.05) is 13.2 Å². The lowest BCUT2D eigenvalue weighted by molar-refractivity contribution is -0.299. The van der Waals surface area contributed by atoms with Crippen molar-refractivity contribution >= 4 is 9.76 Å². The maximum atomic E-state index is 5.20. The summed E-state index contributed by atoms with van der Waals surface area (Å²) in [6, 6.07) is 0. The third kappa shape index (κ3) is 8.17. The van der Waals surface area contributed by atoms with Gasteiger partial charge in [-0.25, -0.2) is 9.78 Å². The minimum atomic E-state index is -0.128. The smallest absolute Gasteiger partial charge is 0.270 e. The molecule has 13 heavy (non-hydrogen) atoms. The maximum absolute atomic E-state index is 5.20. The fourth-order valence-electron chi connectivity index (χ4n) is 0.597. The van der Waals surface area contributed by atoms with Gasteiger partial charge < -0.3 is 4.43 Å². The van der Waals surface area contributed by atoms with Gasteiger partial charge in [-0.15, -0.1) is 6.58 Å². The summed E-state index contributed by atoms with van der Waals surface area (Å²) >= 11 is 0. The second kappa shape index (κ2) is 9.92. The molecule has 0 saturated heterocycles. The molecule has 3 nitrogen and oxygen atoms in total. The Labute approximate surface area is 82.9 Å². The van der Waals surface area contributed by atoms with Crippen LogP contribution in [0, 0.1) is 0 Å². The largest absolute Gasteiger partial charge is 0.414 e. The Morgan fingerprint density at radius 1 is 1.46 bits per heavy atom. The van der Waals surface area contributed by atoms with Crippen LogP contribution in [0.25, 0.3) is 0 Å². The van der Waals surface area contributed by atoms with E-state index >= 15 is 0 Å². The fourth-order valence-corrected chi connectivity index (χ4v) is 1.13. The van der Waals surface area contributed by atoms with Crippen LogP contribution in [-0.2, 0) is 14.2 Å². The van der Waals surface area contributed by atoms with Gasteiger partial charge in [0.1, 0.15) is 5.73 Å². The Kier molecular flexibility index (Phi) is 9.80. The molecular weight excluding hydrogens is 184 g/mol. The van der Waals surface area contributed by atoms with E-state index in [9.17, 15) is 0 Å². The molecule has 1 atom stereocenters. The average Bonchev–Trinajstić information content (AvgIpc) is 2.17. The monoisotopic (exact) mass is 202 g/mol. The summed E-state index contributed by atoms with van der Waals surface area (Å²) in [5, 5.41) is 0. The predicted octanol–water partition coefficient (Wildman–Crippen LogP) is 1.90. The summed E-state index contributed by atoms with van der Waals surface area (Å²) in [6.07, 6.45) is 3.82. The molecule has 0 aromatic carbocycles. The van der Waals surface area contributed by atoms with Gasteiger partial charge in [0.2, 0.25) is 0 Å². The highest BCUT2D eigenvalue weighted by Gasteiger charge is 2.07. The van der Waals surface area contributed by atoms with Crippen LogP contribution in [0.3, 0.4) is 0 Å². The van der Waals surface area contributed by atoms with E-state index < -0.39 is 0 Å². The summed E-state index contributed by atoms with van der Waals surface area (Å²) in [7, 11) is 0.270. The van der Waals surface area contributed by atoms with Crippen LogP contribution in [0.5, 0.6) is 0 Å². The van der Waals surface area contributed by atoms with Gasteiger partial charge >= 0.3 is 0 Å². The second-order valence-corrected chi connectivity index (χ2v) is 3.57. The van der Waals surface area contributed by atoms with Crippen LogP contribution in [0.2, 0.25) is 0 Å². The van der Waals surface area contributed by atoms with E-state index in [1.807, 2.05) is 6.92 Å². The van der Waals surface area contributed by atoms with E-state index in [1.54, 1.807) is 6.08 Å². The van der Waals surface area contributed by atoms with Gasteiger partial charge in [0.05, 0.1) is 6.61 Å². The van der Waals surface area contributed by atoms with E-state index in [4.69, 9.17) is 14.2 Å². The lowest BCUT2D eigenvalue weighted by atomic mass is 10.4. The summed E-state index contributed by atoms with van der Waals surface area (Å²) in [4.78, 5) is 10.0. The van der Waals surface area contributed by atoms with Gasteiger partial charge in [-0.05, 0) is 13.3 Å². The summed E-state index contributed by atoms with van der Waals surface area (Å²) in [6.45, 7) is 9.02. The first-order chi connectivity index (χ1) is 6.35. The van der Waals surface area contributed by atoms with Crippen molar-refractivity contribution in [3.05, 3.63) is 12.7 Å². The van der Waals surface area contributed by atoms with Crippen molar-refractivity contribution in [2.45, 2.75) is 32.4 Å². The molecule has 0 aliphatic rings. The van der Waals surface area contributed by atoms with Gasteiger partial charge in [-0.2, -0.15) is 0 Å². The van der Waals surface area contributed by atoms with E-state index in [-0.39, 0.29) is 15.5 Å². The molecule has 0 spiro atoms. The molecule has 0 aliphatic heterocycles. The minimum Gasteiger partial charge on any atom is -0.414 e. The molecule has 0 bridgehead atoms. The topological polar surface area (TPSA) is 27.7 Å². The molecule has 0 rings (SSSR count). The van der Waals surface area contributed by atoms with Gasteiger partial charge in [-0.1, -0.05) is 19.4 Å². The van der Waals surface area contributed by atoms with E-state index in [1.165, 1.54) is 0 Å². The first kappa shape index (κ1) is 12.8. The Hall–Kier alpha value is -0.163. The van der Waals surface area contributed by atoms with Crippen LogP contribution >= 0.6 is 0 Å². The molecule has 0 aliphatic carbocycles. The summed E-state index contributed by atoms with van der Waals surface area (Å²) < 4.78 is 5.20. The number of rotatable bonds is 9. The number of hydrogen-bond donors (Lipinski definition) is 0. The van der Waals surface area contributed by atoms with E-state index in [2.05, 4.69) is 13.5 Å². The summed E-state index contributed by atoms with van der Waals surface area (Å²) in [5.74, 6) is 0. The first-order valence-corrected chi connectivity index (χ1v) is 5.61. The molecule has 0 aromatic heterocycles. The molecule has 76 valence electrons. The lowest BCUT2D eigenvalue weighted by Crippen LogP contribution is -2.21. The van der Waals surface area contributed by atoms with Crippen molar-refractivity contribution < 1.29 is 14.2 Å². The van der Waals surface area contributed by atoms with E-state index in [0.717, 1.165) is 12.8 Å². The molecule has 0 amide bonds. The summed E-state index contributed by atoms with van der Waals surface area (Å²) in [5.41, 5.74) is -0.128. The van der Waals surface area contributed by atoms with Crippen LogP contribution in [0.15, 0.2) is 12.7 Å². The standard InChI is InChI=1S/C9H18O3Si/c1-4-7-8-10-12-9(5-2)13-11-6-3/h5,9H,2,4,6-8H2,1,3H3. The fraction of sp³-hybridized carbons (Fsp3) is 0.778. The lowest BCUT2D eigenvalue weighted by Gasteiger charge is -2.10. The molecule has 0 heterocycles. The van der Waals surface area contributed by atoms with E-state index in [0.29, 0.717) is 13.2 Å². The highest BCUT2D eigenvalue weighted by atomic mass is 28.2. The van der Waals surface area contributed by atoms with Gasteiger partial charge in [0, 0.05) is 6.61 Å². The van der Waals surface area contributed by atoms with Gasteiger partial charge in [0.25, 0.3) is 9.76 Å². The molecule has 2 radical (unpaired) electrons. The van der Waals surface area contributed by atoms with Crippen LogP contribution in [-0.4, -0.2) is 28.7 Å². The number of hydrogen-bond acceptors (Lipinski definition) is 3. The third-order valence-corrected chi connectivity index (χ3v) is 2.33. The predicted molar refractivity (Wildman–Crippen MR) is 53.3 cm³/mol. The Balaban J connectivity index is 3.31. The molecular formula is C9H18O3Si. The van der Waals surface area contributed by atoms with Crippen molar-refractivity contribution in [1.82, 2.24) is 0 Å². The quantitative estimate of drug-likeness (QED) is 0.188. The van der Waals surface area contributed by atoms with Crippen LogP contribution in [0.4, 0.5) is 0 Å². The zero-order chi connectivity index (χ0) is 9.94. The zero-order valence-electron chi connectivity index (χ0n) is 8.41. The Bertz CT molecular complexity index is 119. The van der Waals surface area contributed by atoms with Crippen molar-refractivity contribution in [3.8, 4) is 0 Å². The third-order valence-electron chi connectivity index (χ3n) is 1.31. The molecule has 1 unspecified atom stereocenters. The van der Waals surface area contributed by atoms with Gasteiger partial charge in [0.15, 0.2) is 0 Å². The van der Waals surface area contributed by atoms with Crippen molar-refractivity contribution in [3.63, 3.8) is 0 Å². The maximum Gasteiger partial charge on any atom is 0.270 e. The van der Waals surface area contributed by atoms with Crippen molar-refractivity contribution in [2.24, 2.45) is 0 Å². The van der Waals surface area contributed by atoms with Gasteiger partial charge in [-0.3, -0.25) is 0 Å². The van der Waals surface area contributed by atoms with Crippen LogP contribution in [0.1, 0.15) is 26.7 Å². The van der Waals surface area contributed by atoms with Crippen LogP contribution < -0.4 is 0 Å². The number of unbranched alkanes of at least 4 members (excludes halogenated alkanes) is 1. The first-order valence-electron chi connectivity index (χ1n) is 4.63. The Morgan fingerprint density at radius 3 is 2.77 bits per heavy atom. The second-order valence-electron chi connectivity index (χ2n) is 2.48. The highest BCUT2D eigenvalue weighted by Crippen LogP contribution is 1.96. The SMILES string of the molecule is C=CC(OOCCCC)[Si]OCC. The molecule has 0 N–H and O–H groups in total. The molecule has 0 aromatic rings.